The van der Waals surface area contributed by atoms with E-state index in [1.807, 2.05) is 0 Å². The Hall–Kier alpha value is -0.606. The van der Waals surface area contributed by atoms with Gasteiger partial charge in [-0.15, -0.1) is 0 Å². The average molecular weight is 216 g/mol. The molecule has 0 aromatic carbocycles. The SMILES string of the molecule is C1CCC1.[C]=O.[C]=O.[C]=O.[C]=O.[Ti]. The van der Waals surface area contributed by atoms with Gasteiger partial charge >= 0.3 is 0 Å². The van der Waals surface area contributed by atoms with Crippen LogP contribution in [0.4, 0.5) is 0 Å². The molecule has 0 saturated heterocycles. The van der Waals surface area contributed by atoms with Gasteiger partial charge in [-0.2, -0.15) is 0 Å². The fourth-order valence-electron chi connectivity index (χ4n) is 0.250. The van der Waals surface area contributed by atoms with Crippen molar-refractivity contribution in [2.45, 2.75) is 25.7 Å². The third kappa shape index (κ3) is 87.3. The maximum absolute atomic E-state index is 7.50. The van der Waals surface area contributed by atoms with E-state index in [1.54, 1.807) is 0 Å². The van der Waals surface area contributed by atoms with Crippen molar-refractivity contribution in [3.8, 4) is 0 Å². The molecule has 13 heavy (non-hydrogen) atoms. The van der Waals surface area contributed by atoms with Crippen LogP contribution in [0.2, 0.25) is 0 Å². The molecular weight excluding hydrogens is 208 g/mol. The minimum absolute atomic E-state index is 0. The van der Waals surface area contributed by atoms with Gasteiger partial charge in [0, 0.05) is 21.7 Å². The molecule has 0 bridgehead atoms. The van der Waals surface area contributed by atoms with Gasteiger partial charge in [0.2, 0.25) is 0 Å². The summed E-state index contributed by atoms with van der Waals surface area (Å²) in [5, 5.41) is 0. The van der Waals surface area contributed by atoms with Gasteiger partial charge in [0.05, 0.1) is 0 Å². The fourth-order valence-corrected chi connectivity index (χ4v) is 0.250. The summed E-state index contributed by atoms with van der Waals surface area (Å²) in [6.07, 6.45) is 6.00. The van der Waals surface area contributed by atoms with Crippen molar-refractivity contribution in [1.29, 1.82) is 0 Å². The van der Waals surface area contributed by atoms with Crippen molar-refractivity contribution in [3.05, 3.63) is 0 Å². The van der Waals surface area contributed by atoms with E-state index in [0.29, 0.717) is 0 Å². The van der Waals surface area contributed by atoms with Crippen LogP contribution in [0.1, 0.15) is 25.7 Å². The number of carbonyl (C=O) groups excluding carboxylic acids is 4. The zero-order valence-corrected chi connectivity index (χ0v) is 8.52. The summed E-state index contributed by atoms with van der Waals surface area (Å²) in [4.78, 5) is 30.0. The summed E-state index contributed by atoms with van der Waals surface area (Å²) in [7, 11) is 0. The molecule has 4 nitrogen and oxygen atoms in total. The van der Waals surface area contributed by atoms with E-state index in [-0.39, 0.29) is 21.7 Å². The van der Waals surface area contributed by atoms with E-state index in [1.165, 1.54) is 25.7 Å². The smallest absolute Gasteiger partial charge is 0.281 e. The first-order valence-corrected chi connectivity index (χ1v) is 2.82. The Kier molecular flexibility index (Phi) is 242. The van der Waals surface area contributed by atoms with Gasteiger partial charge in [0.25, 0.3) is 27.2 Å². The van der Waals surface area contributed by atoms with Gasteiger partial charge in [-0.3, -0.25) is 19.2 Å². The van der Waals surface area contributed by atoms with Gasteiger partial charge in [0.15, 0.2) is 0 Å². The minimum atomic E-state index is 0. The first kappa shape index (κ1) is 29.4. The average Bonchev–Trinajstić information content (AvgIpc) is 2.14. The van der Waals surface area contributed by atoms with E-state index < -0.39 is 0 Å². The van der Waals surface area contributed by atoms with Crippen molar-refractivity contribution >= 4 is 27.2 Å². The van der Waals surface area contributed by atoms with Crippen molar-refractivity contribution in [1.82, 2.24) is 0 Å². The van der Waals surface area contributed by atoms with Crippen LogP contribution in [0.5, 0.6) is 0 Å². The molecule has 8 radical (unpaired) electrons. The predicted octanol–water partition coefficient (Wildman–Crippen LogP) is -0.0305. The van der Waals surface area contributed by atoms with Crippen LogP contribution in [0.25, 0.3) is 0 Å². The van der Waals surface area contributed by atoms with E-state index in [9.17, 15) is 0 Å². The van der Waals surface area contributed by atoms with E-state index >= 15 is 0 Å². The molecule has 1 saturated carbocycles. The molecule has 1 aliphatic carbocycles. The van der Waals surface area contributed by atoms with Gasteiger partial charge in [-0.1, -0.05) is 25.7 Å². The van der Waals surface area contributed by atoms with Gasteiger partial charge in [-0.05, 0) is 0 Å². The molecule has 0 unspecified atom stereocenters. The third-order valence-electron chi connectivity index (χ3n) is 1.000. The molecule has 68 valence electrons. The zero-order valence-electron chi connectivity index (χ0n) is 6.96. The number of rotatable bonds is 0. The quantitative estimate of drug-likeness (QED) is 0.533. The number of hydrogen-bond acceptors (Lipinski definition) is 4. The van der Waals surface area contributed by atoms with E-state index in [4.69, 9.17) is 19.2 Å². The van der Waals surface area contributed by atoms with Gasteiger partial charge < -0.3 is 0 Å². The van der Waals surface area contributed by atoms with Crippen molar-refractivity contribution in [3.63, 3.8) is 0 Å². The Balaban J connectivity index is -0.0000000215. The molecule has 1 aliphatic rings. The molecule has 0 N–H and O–H groups in total. The molecule has 0 aliphatic heterocycles. The normalized spacial score (nSPS) is 8.62. The van der Waals surface area contributed by atoms with Gasteiger partial charge in [-0.25, -0.2) is 0 Å². The Labute approximate surface area is 94.0 Å². The van der Waals surface area contributed by atoms with Crippen LogP contribution in [0.15, 0.2) is 0 Å². The Bertz CT molecular complexity index is 48.1. The largest absolute Gasteiger partial charge is 0.281 e. The molecule has 0 amide bonds. The maximum Gasteiger partial charge on any atom is 0.281 e. The molecule has 1 fully saturated rings. The molecule has 0 spiro atoms. The summed E-state index contributed by atoms with van der Waals surface area (Å²) < 4.78 is 0. The van der Waals surface area contributed by atoms with Crippen LogP contribution in [0, 0.1) is 0 Å². The molecule has 0 aromatic rings. The van der Waals surface area contributed by atoms with Crippen molar-refractivity contribution < 1.29 is 40.9 Å². The van der Waals surface area contributed by atoms with E-state index in [0.717, 1.165) is 0 Å². The van der Waals surface area contributed by atoms with Crippen molar-refractivity contribution in [2.75, 3.05) is 0 Å². The fraction of sp³-hybridized carbons (Fsp3) is 0.500. The number of hydrogen-bond donors (Lipinski definition) is 0. The summed E-state index contributed by atoms with van der Waals surface area (Å²) in [6, 6.07) is 0. The van der Waals surface area contributed by atoms with Crippen LogP contribution >= 0.6 is 0 Å². The third-order valence-corrected chi connectivity index (χ3v) is 1.000. The second-order valence-corrected chi connectivity index (χ2v) is 1.41. The molecule has 1 rings (SSSR count). The van der Waals surface area contributed by atoms with E-state index in [2.05, 4.69) is 27.2 Å². The Morgan fingerprint density at radius 2 is 0.538 bits per heavy atom. The van der Waals surface area contributed by atoms with Crippen LogP contribution in [-0.4, -0.2) is 27.2 Å². The first-order chi connectivity index (χ1) is 6.00. The minimum Gasteiger partial charge on any atom is -0.281 e. The second-order valence-electron chi connectivity index (χ2n) is 1.41. The summed E-state index contributed by atoms with van der Waals surface area (Å²) in [5.74, 6) is 0. The molecule has 0 atom stereocenters. The Morgan fingerprint density at radius 3 is 0.538 bits per heavy atom. The van der Waals surface area contributed by atoms with Crippen LogP contribution in [-0.2, 0) is 40.9 Å². The second kappa shape index (κ2) is 107. The molecule has 0 heterocycles. The topological polar surface area (TPSA) is 68.3 Å². The summed E-state index contributed by atoms with van der Waals surface area (Å²) in [6.45, 7) is 18.0. The monoisotopic (exact) mass is 216 g/mol. The van der Waals surface area contributed by atoms with Crippen LogP contribution < -0.4 is 0 Å². The zero-order chi connectivity index (χ0) is 10.8. The summed E-state index contributed by atoms with van der Waals surface area (Å²) >= 11 is 0. The van der Waals surface area contributed by atoms with Gasteiger partial charge in [0.1, 0.15) is 0 Å². The molecule has 5 heteroatoms. The standard InChI is InChI=1S/C4H8.4CO.Ti/c1-2-4-3-1;4*1-2;/h1-4H2;;;;;. The predicted molar refractivity (Wildman–Crippen MR) is 41.2 cm³/mol. The van der Waals surface area contributed by atoms with Crippen molar-refractivity contribution in [2.24, 2.45) is 0 Å². The Morgan fingerprint density at radius 1 is 0.462 bits per heavy atom. The maximum atomic E-state index is 7.50. The first-order valence-electron chi connectivity index (χ1n) is 2.82. The van der Waals surface area contributed by atoms with Crippen LogP contribution in [0.3, 0.4) is 0 Å². The molecule has 0 aromatic heterocycles. The molecular formula is C8H8O4Ti. The summed E-state index contributed by atoms with van der Waals surface area (Å²) in [5.41, 5.74) is 0.